The first-order valence-corrected chi connectivity index (χ1v) is 7.49. The predicted molar refractivity (Wildman–Crippen MR) is 90.5 cm³/mol. The molecule has 3 rings (SSSR count). The summed E-state index contributed by atoms with van der Waals surface area (Å²) in [6.07, 6.45) is 1.79. The van der Waals surface area contributed by atoms with Crippen LogP contribution in [0.15, 0.2) is 48.7 Å². The molecule has 0 fully saturated rings. The zero-order chi connectivity index (χ0) is 14.8. The lowest BCUT2D eigenvalue weighted by atomic mass is 10.1. The molecule has 0 unspecified atom stereocenters. The van der Waals surface area contributed by atoms with Gasteiger partial charge in [0.05, 0.1) is 26.3 Å². The lowest BCUT2D eigenvalue weighted by molar-refractivity contribution is 1.15. The molecule has 2 nitrogen and oxygen atoms in total. The second kappa shape index (κ2) is 6.10. The highest BCUT2D eigenvalue weighted by Crippen LogP contribution is 2.32. The third-order valence-electron chi connectivity index (χ3n) is 3.20. The number of halogens is 3. The first-order valence-electron chi connectivity index (χ1n) is 6.36. The molecular formula is C16H11Cl3N2. The number of hydrogen-bond donors (Lipinski definition) is 1. The molecule has 3 aromatic rings. The minimum Gasteiger partial charge on any atom is -0.380 e. The van der Waals surface area contributed by atoms with Crippen molar-refractivity contribution in [2.75, 3.05) is 5.32 Å². The van der Waals surface area contributed by atoms with E-state index in [4.69, 9.17) is 34.8 Å². The Bertz CT molecular complexity index is 797. The molecular weight excluding hydrogens is 327 g/mol. The lowest BCUT2D eigenvalue weighted by Crippen LogP contribution is -2.01. The van der Waals surface area contributed by atoms with Crippen LogP contribution in [0, 0.1) is 0 Å². The number of nitrogens with one attached hydrogen (secondary N) is 1. The van der Waals surface area contributed by atoms with Gasteiger partial charge in [-0.1, -0.05) is 59.1 Å². The van der Waals surface area contributed by atoms with Crippen LogP contribution in [0.4, 0.5) is 5.69 Å². The normalized spacial score (nSPS) is 10.8. The summed E-state index contributed by atoms with van der Waals surface area (Å²) >= 11 is 18.1. The molecule has 106 valence electrons. The standard InChI is InChI=1S/C16H11Cl3N2/c17-12-7-14(19)15(8-13(12)18)21-9-11-4-1-3-10-5-2-6-20-16(10)11/h1-8,21H,9H2. The second-order valence-electron chi connectivity index (χ2n) is 4.59. The monoisotopic (exact) mass is 336 g/mol. The lowest BCUT2D eigenvalue weighted by Gasteiger charge is -2.11. The Morgan fingerprint density at radius 2 is 1.67 bits per heavy atom. The summed E-state index contributed by atoms with van der Waals surface area (Å²) in [6, 6.07) is 13.4. The molecule has 1 aromatic heterocycles. The van der Waals surface area contributed by atoms with Crippen LogP contribution in [0.25, 0.3) is 10.9 Å². The minimum atomic E-state index is 0.444. The van der Waals surface area contributed by atoms with Gasteiger partial charge in [0.1, 0.15) is 0 Å². The highest BCUT2D eigenvalue weighted by Gasteiger charge is 2.07. The van der Waals surface area contributed by atoms with Crippen molar-refractivity contribution < 1.29 is 0 Å². The third kappa shape index (κ3) is 3.08. The Kier molecular flexibility index (Phi) is 4.20. The summed E-state index contributed by atoms with van der Waals surface area (Å²) < 4.78 is 0. The summed E-state index contributed by atoms with van der Waals surface area (Å²) in [7, 11) is 0. The summed E-state index contributed by atoms with van der Waals surface area (Å²) in [6.45, 7) is 0.603. The van der Waals surface area contributed by atoms with Crippen LogP contribution >= 0.6 is 34.8 Å². The van der Waals surface area contributed by atoms with E-state index in [1.54, 1.807) is 18.3 Å². The van der Waals surface area contributed by atoms with E-state index < -0.39 is 0 Å². The van der Waals surface area contributed by atoms with Crippen LogP contribution in [0.3, 0.4) is 0 Å². The maximum Gasteiger partial charge on any atom is 0.0751 e. The molecule has 0 saturated heterocycles. The van der Waals surface area contributed by atoms with Gasteiger partial charge in [-0.25, -0.2) is 0 Å². The quantitative estimate of drug-likeness (QED) is 0.610. The molecule has 0 bridgehead atoms. The van der Waals surface area contributed by atoms with Crippen LogP contribution in [0.1, 0.15) is 5.56 Å². The smallest absolute Gasteiger partial charge is 0.0751 e. The molecule has 0 radical (unpaired) electrons. The Morgan fingerprint density at radius 3 is 2.52 bits per heavy atom. The SMILES string of the molecule is Clc1cc(Cl)c(NCc2cccc3cccnc23)cc1Cl. The molecule has 0 aliphatic carbocycles. The summed E-state index contributed by atoms with van der Waals surface area (Å²) in [5, 5.41) is 5.84. The highest BCUT2D eigenvalue weighted by atomic mass is 35.5. The number of hydrogen-bond acceptors (Lipinski definition) is 2. The molecule has 0 aliphatic rings. The fourth-order valence-corrected chi connectivity index (χ4v) is 2.77. The molecule has 0 spiro atoms. The van der Waals surface area contributed by atoms with E-state index in [0.717, 1.165) is 22.2 Å². The van der Waals surface area contributed by atoms with Gasteiger partial charge in [-0.15, -0.1) is 0 Å². The van der Waals surface area contributed by atoms with Crippen LogP contribution in [-0.4, -0.2) is 4.98 Å². The van der Waals surface area contributed by atoms with Crippen molar-refractivity contribution in [1.29, 1.82) is 0 Å². The van der Waals surface area contributed by atoms with Crippen molar-refractivity contribution in [3.05, 3.63) is 69.3 Å². The van der Waals surface area contributed by atoms with Crippen molar-refractivity contribution >= 4 is 51.4 Å². The number of benzene rings is 2. The maximum absolute atomic E-state index is 6.16. The average molecular weight is 338 g/mol. The minimum absolute atomic E-state index is 0.444. The van der Waals surface area contributed by atoms with Gasteiger partial charge in [-0.3, -0.25) is 4.98 Å². The number of nitrogens with zero attached hydrogens (tertiary/aromatic N) is 1. The summed E-state index contributed by atoms with van der Waals surface area (Å²) in [4.78, 5) is 4.43. The third-order valence-corrected chi connectivity index (χ3v) is 4.23. The van der Waals surface area contributed by atoms with Gasteiger partial charge >= 0.3 is 0 Å². The first-order chi connectivity index (χ1) is 10.1. The van der Waals surface area contributed by atoms with E-state index in [1.165, 1.54) is 0 Å². The molecule has 2 aromatic carbocycles. The molecule has 0 atom stereocenters. The molecule has 0 saturated carbocycles. The van der Waals surface area contributed by atoms with E-state index in [9.17, 15) is 0 Å². The van der Waals surface area contributed by atoms with E-state index >= 15 is 0 Å². The number of pyridine rings is 1. The number of aromatic nitrogens is 1. The summed E-state index contributed by atoms with van der Waals surface area (Å²) in [5.74, 6) is 0. The van der Waals surface area contributed by atoms with Gasteiger partial charge < -0.3 is 5.32 Å². The largest absolute Gasteiger partial charge is 0.380 e. The van der Waals surface area contributed by atoms with E-state index in [2.05, 4.69) is 10.3 Å². The van der Waals surface area contributed by atoms with Crippen molar-refractivity contribution in [3.63, 3.8) is 0 Å². The van der Waals surface area contributed by atoms with Gasteiger partial charge in [-0.2, -0.15) is 0 Å². The van der Waals surface area contributed by atoms with E-state index in [0.29, 0.717) is 21.6 Å². The fourth-order valence-electron chi connectivity index (χ4n) is 2.16. The number of rotatable bonds is 3. The first kappa shape index (κ1) is 14.5. The zero-order valence-corrected chi connectivity index (χ0v) is 13.2. The molecule has 5 heteroatoms. The van der Waals surface area contributed by atoms with Crippen LogP contribution in [0.2, 0.25) is 15.1 Å². The Morgan fingerprint density at radius 1 is 0.905 bits per heavy atom. The van der Waals surface area contributed by atoms with Crippen LogP contribution in [-0.2, 0) is 6.54 Å². The van der Waals surface area contributed by atoms with Crippen molar-refractivity contribution in [2.45, 2.75) is 6.54 Å². The number of para-hydroxylation sites is 1. The van der Waals surface area contributed by atoms with Crippen molar-refractivity contribution in [2.24, 2.45) is 0 Å². The van der Waals surface area contributed by atoms with E-state index in [-0.39, 0.29) is 0 Å². The van der Waals surface area contributed by atoms with Crippen molar-refractivity contribution in [1.82, 2.24) is 4.98 Å². The Hall–Kier alpha value is -1.48. The molecule has 0 amide bonds. The second-order valence-corrected chi connectivity index (χ2v) is 5.81. The zero-order valence-electron chi connectivity index (χ0n) is 10.9. The average Bonchev–Trinajstić information content (AvgIpc) is 2.49. The topological polar surface area (TPSA) is 24.9 Å². The predicted octanol–water partition coefficient (Wildman–Crippen LogP) is 5.81. The van der Waals surface area contributed by atoms with Gasteiger partial charge in [0.25, 0.3) is 0 Å². The number of anilines is 1. The summed E-state index contributed by atoms with van der Waals surface area (Å²) in [5.41, 5.74) is 2.82. The van der Waals surface area contributed by atoms with Crippen LogP contribution in [0.5, 0.6) is 0 Å². The van der Waals surface area contributed by atoms with Gasteiger partial charge in [0, 0.05) is 18.1 Å². The fraction of sp³-hybridized carbons (Fsp3) is 0.0625. The molecule has 0 aliphatic heterocycles. The maximum atomic E-state index is 6.16. The van der Waals surface area contributed by atoms with Crippen molar-refractivity contribution in [3.8, 4) is 0 Å². The van der Waals surface area contributed by atoms with E-state index in [1.807, 2.05) is 30.3 Å². The highest BCUT2D eigenvalue weighted by molar-refractivity contribution is 6.44. The van der Waals surface area contributed by atoms with Gasteiger partial charge in [0.2, 0.25) is 0 Å². The van der Waals surface area contributed by atoms with Gasteiger partial charge in [0.15, 0.2) is 0 Å². The van der Waals surface area contributed by atoms with Crippen LogP contribution < -0.4 is 5.32 Å². The molecule has 21 heavy (non-hydrogen) atoms. The Balaban J connectivity index is 1.89. The van der Waals surface area contributed by atoms with Gasteiger partial charge in [-0.05, 0) is 23.8 Å². The Labute approximate surface area is 137 Å². The number of fused-ring (bicyclic) bond motifs is 1. The molecule has 1 N–H and O–H groups in total. The molecule has 1 heterocycles.